The second-order valence-electron chi connectivity index (χ2n) is 4.17. The Kier molecular flexibility index (Phi) is 4.82. The quantitative estimate of drug-likeness (QED) is 0.515. The molecule has 0 fully saturated rings. The molecule has 0 saturated heterocycles. The van der Waals surface area contributed by atoms with Crippen molar-refractivity contribution < 1.29 is 14.3 Å². The zero-order valence-corrected chi connectivity index (χ0v) is 11.9. The van der Waals surface area contributed by atoms with Crippen molar-refractivity contribution in [2.45, 2.75) is 18.7 Å². The number of ether oxygens (including phenoxy) is 2. The molecule has 0 radical (unpaired) electrons. The lowest BCUT2D eigenvalue weighted by Crippen LogP contribution is -2.45. The fourth-order valence-corrected chi connectivity index (χ4v) is 2.03. The predicted molar refractivity (Wildman–Crippen MR) is 76.8 cm³/mol. The van der Waals surface area contributed by atoms with E-state index < -0.39 is 11.2 Å². The number of halogens is 1. The first-order chi connectivity index (χ1) is 9.65. The van der Waals surface area contributed by atoms with E-state index in [9.17, 15) is 4.79 Å². The van der Waals surface area contributed by atoms with Crippen molar-refractivity contribution in [3.8, 4) is 0 Å². The topological polar surface area (TPSA) is 47.6 Å². The summed E-state index contributed by atoms with van der Waals surface area (Å²) in [7, 11) is 0. The molecule has 20 heavy (non-hydrogen) atoms. The number of allylic oxidation sites excluding steroid dienone is 2. The maximum atomic E-state index is 11.9. The van der Waals surface area contributed by atoms with Gasteiger partial charge in [0.2, 0.25) is 0 Å². The lowest BCUT2D eigenvalue weighted by molar-refractivity contribution is -0.141. The molecule has 1 heterocycles. The van der Waals surface area contributed by atoms with Crippen LogP contribution in [0.15, 0.2) is 54.3 Å². The smallest absolute Gasteiger partial charge is 0.340 e. The largest absolute Gasteiger partial charge is 0.462 e. The summed E-state index contributed by atoms with van der Waals surface area (Å²) >= 11 is 6.37. The molecule has 1 unspecified atom stereocenters. The van der Waals surface area contributed by atoms with Gasteiger partial charge < -0.3 is 14.8 Å². The molecule has 0 bridgehead atoms. The van der Waals surface area contributed by atoms with Gasteiger partial charge in [-0.1, -0.05) is 41.9 Å². The Hall–Kier alpha value is -1.78. The molecule has 1 aromatic carbocycles. The van der Waals surface area contributed by atoms with Gasteiger partial charge in [0, 0.05) is 6.20 Å². The number of carbonyl (C=O) groups excluding carboxylic acids is 1. The van der Waals surface area contributed by atoms with Crippen LogP contribution in [0.4, 0.5) is 0 Å². The van der Waals surface area contributed by atoms with Gasteiger partial charge in [-0.2, -0.15) is 0 Å². The Balaban J connectivity index is 2.09. The van der Waals surface area contributed by atoms with Crippen LogP contribution >= 0.6 is 11.6 Å². The maximum Gasteiger partial charge on any atom is 0.340 e. The number of nitrogens with one attached hydrogen (secondary N) is 1. The van der Waals surface area contributed by atoms with Crippen molar-refractivity contribution in [1.82, 2.24) is 5.32 Å². The van der Waals surface area contributed by atoms with E-state index in [-0.39, 0.29) is 18.8 Å². The Morgan fingerprint density at radius 1 is 1.35 bits per heavy atom. The normalized spacial score (nSPS) is 21.0. The summed E-state index contributed by atoms with van der Waals surface area (Å²) in [5, 5.41) is 1.44. The van der Waals surface area contributed by atoms with E-state index in [4.69, 9.17) is 21.1 Å². The molecule has 106 valence electrons. The molecule has 0 amide bonds. The van der Waals surface area contributed by atoms with Crippen LogP contribution in [-0.2, 0) is 20.9 Å². The first-order valence-electron chi connectivity index (χ1n) is 6.34. The van der Waals surface area contributed by atoms with Crippen LogP contribution in [0.5, 0.6) is 0 Å². The minimum atomic E-state index is -1.41. The zero-order valence-electron chi connectivity index (χ0n) is 11.1. The van der Waals surface area contributed by atoms with Gasteiger partial charge in [-0.25, -0.2) is 4.79 Å². The highest BCUT2D eigenvalue weighted by atomic mass is 35.5. The minimum Gasteiger partial charge on any atom is -0.462 e. The molecule has 2 rings (SSSR count). The first kappa shape index (κ1) is 14.6. The number of esters is 1. The number of hydrogen-bond acceptors (Lipinski definition) is 4. The fraction of sp³-hybridized carbons (Fsp3) is 0.267. The Morgan fingerprint density at radius 3 is 2.80 bits per heavy atom. The summed E-state index contributed by atoms with van der Waals surface area (Å²) < 4.78 is 10.7. The molecular formula is C15H16ClNO3. The third-order valence-corrected chi connectivity index (χ3v) is 3.17. The van der Waals surface area contributed by atoms with Crippen molar-refractivity contribution >= 4 is 17.6 Å². The first-order valence-corrected chi connectivity index (χ1v) is 6.72. The van der Waals surface area contributed by atoms with Gasteiger partial charge in [0.1, 0.15) is 5.57 Å². The van der Waals surface area contributed by atoms with Crippen molar-refractivity contribution in [2.75, 3.05) is 6.61 Å². The van der Waals surface area contributed by atoms with Gasteiger partial charge in [-0.15, -0.1) is 0 Å². The Bertz CT molecular complexity index is 527. The fourth-order valence-electron chi connectivity index (χ4n) is 1.77. The highest BCUT2D eigenvalue weighted by Crippen LogP contribution is 2.28. The summed E-state index contributed by atoms with van der Waals surface area (Å²) in [6, 6.07) is 9.59. The molecule has 0 aliphatic carbocycles. The summed E-state index contributed by atoms with van der Waals surface area (Å²) in [6.07, 6.45) is 4.89. The summed E-state index contributed by atoms with van der Waals surface area (Å²) in [6.45, 7) is 2.30. The van der Waals surface area contributed by atoms with Gasteiger partial charge >= 0.3 is 5.97 Å². The molecule has 1 aromatic rings. The van der Waals surface area contributed by atoms with E-state index in [1.807, 2.05) is 30.3 Å². The van der Waals surface area contributed by atoms with Crippen LogP contribution in [0.1, 0.15) is 12.5 Å². The average molecular weight is 294 g/mol. The molecule has 1 N–H and O–H groups in total. The van der Waals surface area contributed by atoms with Crippen LogP contribution in [0.25, 0.3) is 0 Å². The van der Waals surface area contributed by atoms with E-state index in [2.05, 4.69) is 5.32 Å². The molecule has 4 nitrogen and oxygen atoms in total. The second kappa shape index (κ2) is 6.59. The van der Waals surface area contributed by atoms with E-state index in [1.165, 1.54) is 0 Å². The lowest BCUT2D eigenvalue weighted by atomic mass is 10.1. The Labute approximate surface area is 123 Å². The maximum absolute atomic E-state index is 11.9. The van der Waals surface area contributed by atoms with Gasteiger partial charge in [0.25, 0.3) is 5.18 Å². The Morgan fingerprint density at radius 2 is 2.10 bits per heavy atom. The van der Waals surface area contributed by atoms with E-state index in [1.54, 1.807) is 25.3 Å². The molecule has 1 atom stereocenters. The molecule has 5 heteroatoms. The van der Waals surface area contributed by atoms with Crippen molar-refractivity contribution in [1.29, 1.82) is 0 Å². The molecule has 1 aliphatic heterocycles. The van der Waals surface area contributed by atoms with Crippen LogP contribution < -0.4 is 5.32 Å². The number of dihydropyridines is 1. The predicted octanol–water partition coefficient (Wildman–Crippen LogP) is 2.70. The van der Waals surface area contributed by atoms with Crippen molar-refractivity contribution in [2.24, 2.45) is 0 Å². The summed E-state index contributed by atoms with van der Waals surface area (Å²) in [4.78, 5) is 11.9. The molecule has 0 saturated carbocycles. The number of benzene rings is 1. The lowest BCUT2D eigenvalue weighted by Gasteiger charge is -2.30. The summed E-state index contributed by atoms with van der Waals surface area (Å²) in [5.41, 5.74) is 1.20. The van der Waals surface area contributed by atoms with Gasteiger partial charge in [0.05, 0.1) is 13.2 Å². The monoisotopic (exact) mass is 293 g/mol. The van der Waals surface area contributed by atoms with E-state index >= 15 is 0 Å². The average Bonchev–Trinajstić information content (AvgIpc) is 2.47. The second-order valence-corrected chi connectivity index (χ2v) is 4.71. The minimum absolute atomic E-state index is 0.236. The third-order valence-electron chi connectivity index (χ3n) is 2.75. The number of hydrogen-bond donors (Lipinski definition) is 1. The van der Waals surface area contributed by atoms with E-state index in [0.717, 1.165) is 5.56 Å². The van der Waals surface area contributed by atoms with Crippen LogP contribution in [0.2, 0.25) is 0 Å². The van der Waals surface area contributed by atoms with Gasteiger partial charge in [-0.3, -0.25) is 0 Å². The van der Waals surface area contributed by atoms with E-state index in [0.29, 0.717) is 0 Å². The van der Waals surface area contributed by atoms with Crippen molar-refractivity contribution in [3.63, 3.8) is 0 Å². The van der Waals surface area contributed by atoms with Crippen LogP contribution in [-0.4, -0.2) is 17.8 Å². The highest BCUT2D eigenvalue weighted by molar-refractivity contribution is 6.27. The zero-order chi connectivity index (χ0) is 14.4. The van der Waals surface area contributed by atoms with Crippen LogP contribution in [0, 0.1) is 0 Å². The number of carbonyl (C=O) groups is 1. The molecule has 0 spiro atoms. The van der Waals surface area contributed by atoms with Crippen molar-refractivity contribution in [3.05, 3.63) is 59.8 Å². The standard InChI is InChI=1S/C15H16ClNO3/c1-2-19-14(18)13-9-6-10-17-15(13,16)20-11-12-7-4-3-5-8-12/h3-10,17H,2,11H2,1H3. The summed E-state index contributed by atoms with van der Waals surface area (Å²) in [5.74, 6) is -0.493. The highest BCUT2D eigenvalue weighted by Gasteiger charge is 2.38. The number of alkyl halides is 1. The van der Waals surface area contributed by atoms with Crippen LogP contribution in [0.3, 0.4) is 0 Å². The third kappa shape index (κ3) is 3.40. The van der Waals surface area contributed by atoms with Gasteiger partial charge in [-0.05, 0) is 24.6 Å². The van der Waals surface area contributed by atoms with Gasteiger partial charge in [0.15, 0.2) is 0 Å². The molecular weight excluding hydrogens is 278 g/mol. The SMILES string of the molecule is CCOC(=O)C1=CC=CNC1(Cl)OCc1ccccc1. The number of rotatable bonds is 5. The molecule has 0 aromatic heterocycles. The molecule has 1 aliphatic rings.